The van der Waals surface area contributed by atoms with Crippen LogP contribution in [0.3, 0.4) is 0 Å². The third-order valence-corrected chi connectivity index (χ3v) is 5.66. The van der Waals surface area contributed by atoms with Crippen LogP contribution in [0, 0.1) is 11.8 Å². The predicted octanol–water partition coefficient (Wildman–Crippen LogP) is 2.96. The molecule has 0 aromatic heterocycles. The largest absolute Gasteiger partial charge is 0.352 e. The van der Waals surface area contributed by atoms with Gasteiger partial charge in [0.2, 0.25) is 11.8 Å². The van der Waals surface area contributed by atoms with E-state index in [0.717, 1.165) is 43.7 Å². The van der Waals surface area contributed by atoms with Gasteiger partial charge in [-0.1, -0.05) is 23.7 Å². The number of hydrogen-bond acceptors (Lipinski definition) is 2. The zero-order valence-corrected chi connectivity index (χ0v) is 14.5. The molecule has 1 aromatic rings. The van der Waals surface area contributed by atoms with Crippen molar-refractivity contribution in [2.24, 2.45) is 11.8 Å². The van der Waals surface area contributed by atoms with Gasteiger partial charge >= 0.3 is 0 Å². The lowest BCUT2D eigenvalue weighted by Gasteiger charge is -2.32. The Morgan fingerprint density at radius 2 is 2.00 bits per heavy atom. The molecule has 3 aliphatic rings. The Balaban J connectivity index is 1.31. The van der Waals surface area contributed by atoms with E-state index in [2.05, 4.69) is 11.4 Å². The summed E-state index contributed by atoms with van der Waals surface area (Å²) in [5.41, 5.74) is 1.20. The summed E-state index contributed by atoms with van der Waals surface area (Å²) in [6.45, 7) is 1.41. The number of rotatable bonds is 4. The van der Waals surface area contributed by atoms with Crippen LogP contribution in [-0.2, 0) is 9.59 Å². The summed E-state index contributed by atoms with van der Waals surface area (Å²) in [5, 5.41) is 3.92. The fourth-order valence-corrected chi connectivity index (χ4v) is 3.94. The number of likely N-dealkylation sites (tertiary alicyclic amines) is 1. The highest BCUT2D eigenvalue weighted by atomic mass is 35.5. The molecule has 2 saturated carbocycles. The minimum atomic E-state index is -0.0536. The molecule has 3 unspecified atom stereocenters. The molecule has 5 heteroatoms. The first-order chi connectivity index (χ1) is 11.6. The van der Waals surface area contributed by atoms with Crippen molar-refractivity contribution in [2.45, 2.75) is 44.1 Å². The maximum absolute atomic E-state index is 12.6. The second-order valence-corrected chi connectivity index (χ2v) is 7.85. The second-order valence-electron chi connectivity index (χ2n) is 7.41. The Labute approximate surface area is 147 Å². The van der Waals surface area contributed by atoms with E-state index in [1.807, 2.05) is 23.1 Å². The molecule has 3 atom stereocenters. The summed E-state index contributed by atoms with van der Waals surface area (Å²) in [6.07, 6.45) is 4.84. The molecule has 1 heterocycles. The summed E-state index contributed by atoms with van der Waals surface area (Å²) in [4.78, 5) is 26.7. The summed E-state index contributed by atoms with van der Waals surface area (Å²) in [7, 11) is 0. The van der Waals surface area contributed by atoms with Gasteiger partial charge in [0.05, 0.1) is 5.92 Å². The third-order valence-electron chi connectivity index (χ3n) is 5.43. The molecule has 1 saturated heterocycles. The number of piperidine rings is 1. The van der Waals surface area contributed by atoms with E-state index in [1.54, 1.807) is 0 Å². The molecule has 3 fully saturated rings. The van der Waals surface area contributed by atoms with Gasteiger partial charge in [0.25, 0.3) is 0 Å². The van der Waals surface area contributed by atoms with E-state index in [-0.39, 0.29) is 29.7 Å². The van der Waals surface area contributed by atoms with E-state index >= 15 is 0 Å². The first kappa shape index (κ1) is 15.9. The molecule has 4 nitrogen and oxygen atoms in total. The van der Waals surface area contributed by atoms with Gasteiger partial charge in [-0.25, -0.2) is 0 Å². The molecule has 0 spiro atoms. The Morgan fingerprint density at radius 1 is 1.17 bits per heavy atom. The molecule has 1 N–H and O–H groups in total. The molecular formula is C19H23ClN2O2. The molecule has 24 heavy (non-hydrogen) atoms. The molecular weight excluding hydrogens is 324 g/mol. The standard InChI is InChI=1S/C19H23ClN2O2/c20-15-5-1-3-13(9-15)16-10-17(16)21-18(23)14-4-2-8-22(11-14)19(24)12-6-7-12/h1,3,5,9,12,14,16-17H,2,4,6-8,10-11H2,(H,21,23). The van der Waals surface area contributed by atoms with Gasteiger partial charge in [-0.2, -0.15) is 0 Å². The Hall–Kier alpha value is -1.55. The highest BCUT2D eigenvalue weighted by Gasteiger charge is 2.42. The van der Waals surface area contributed by atoms with Crippen LogP contribution in [0.2, 0.25) is 5.02 Å². The van der Waals surface area contributed by atoms with Crippen LogP contribution in [0.4, 0.5) is 0 Å². The average molecular weight is 347 g/mol. The third kappa shape index (κ3) is 3.44. The SMILES string of the molecule is O=C(NC1CC1c1cccc(Cl)c1)C1CCCN(C(=O)C2CC2)C1. The van der Waals surface area contributed by atoms with E-state index in [1.165, 1.54) is 5.56 Å². The van der Waals surface area contributed by atoms with E-state index in [9.17, 15) is 9.59 Å². The van der Waals surface area contributed by atoms with Crippen LogP contribution < -0.4 is 5.32 Å². The number of nitrogens with one attached hydrogen (secondary N) is 1. The fourth-order valence-electron chi connectivity index (χ4n) is 3.74. The average Bonchev–Trinajstić information content (AvgIpc) is 3.48. The van der Waals surface area contributed by atoms with Crippen LogP contribution in [0.1, 0.15) is 43.6 Å². The maximum atomic E-state index is 12.6. The Bertz CT molecular complexity index is 659. The summed E-state index contributed by atoms with van der Waals surface area (Å²) < 4.78 is 0. The van der Waals surface area contributed by atoms with Crippen molar-refractivity contribution in [3.63, 3.8) is 0 Å². The molecule has 0 radical (unpaired) electrons. The van der Waals surface area contributed by atoms with E-state index in [4.69, 9.17) is 11.6 Å². The van der Waals surface area contributed by atoms with Crippen LogP contribution in [0.15, 0.2) is 24.3 Å². The van der Waals surface area contributed by atoms with Gasteiger partial charge in [0.15, 0.2) is 0 Å². The van der Waals surface area contributed by atoms with Crippen molar-refractivity contribution in [1.29, 1.82) is 0 Å². The van der Waals surface area contributed by atoms with Gasteiger partial charge in [-0.05, 0) is 49.8 Å². The lowest BCUT2D eigenvalue weighted by molar-refractivity contribution is -0.136. The topological polar surface area (TPSA) is 49.4 Å². The van der Waals surface area contributed by atoms with Crippen molar-refractivity contribution in [2.75, 3.05) is 13.1 Å². The number of nitrogens with zero attached hydrogens (tertiary/aromatic N) is 1. The van der Waals surface area contributed by atoms with Gasteiger partial charge < -0.3 is 10.2 Å². The number of benzene rings is 1. The highest BCUT2D eigenvalue weighted by molar-refractivity contribution is 6.30. The van der Waals surface area contributed by atoms with Gasteiger partial charge in [-0.15, -0.1) is 0 Å². The van der Waals surface area contributed by atoms with E-state index in [0.29, 0.717) is 12.5 Å². The zero-order valence-electron chi connectivity index (χ0n) is 13.7. The molecule has 128 valence electrons. The smallest absolute Gasteiger partial charge is 0.225 e. The van der Waals surface area contributed by atoms with Crippen LogP contribution in [0.5, 0.6) is 0 Å². The first-order valence-corrected chi connectivity index (χ1v) is 9.34. The molecule has 1 aromatic carbocycles. The number of amides is 2. The van der Waals surface area contributed by atoms with Crippen molar-refractivity contribution < 1.29 is 9.59 Å². The fraction of sp³-hybridized carbons (Fsp3) is 0.579. The zero-order chi connectivity index (χ0) is 16.7. The maximum Gasteiger partial charge on any atom is 0.225 e. The van der Waals surface area contributed by atoms with Gasteiger partial charge in [0.1, 0.15) is 0 Å². The second kappa shape index (κ2) is 6.40. The molecule has 2 aliphatic carbocycles. The highest BCUT2D eigenvalue weighted by Crippen LogP contribution is 2.41. The number of halogens is 1. The van der Waals surface area contributed by atoms with Gasteiger partial charge in [-0.3, -0.25) is 9.59 Å². The molecule has 4 rings (SSSR count). The quantitative estimate of drug-likeness (QED) is 0.911. The molecule has 1 aliphatic heterocycles. The normalized spacial score (nSPS) is 29.2. The minimum Gasteiger partial charge on any atom is -0.352 e. The number of hydrogen-bond donors (Lipinski definition) is 1. The number of carbonyl (C=O) groups excluding carboxylic acids is 2. The predicted molar refractivity (Wildman–Crippen MR) is 92.8 cm³/mol. The Kier molecular flexibility index (Phi) is 4.25. The summed E-state index contributed by atoms with van der Waals surface area (Å²) in [6, 6.07) is 8.09. The van der Waals surface area contributed by atoms with Crippen molar-refractivity contribution in [3.8, 4) is 0 Å². The van der Waals surface area contributed by atoms with Crippen LogP contribution >= 0.6 is 11.6 Å². The monoisotopic (exact) mass is 346 g/mol. The summed E-state index contributed by atoms with van der Waals surface area (Å²) in [5.74, 6) is 0.929. The minimum absolute atomic E-state index is 0.0536. The number of carbonyl (C=O) groups is 2. The van der Waals surface area contributed by atoms with Gasteiger partial charge in [0, 0.05) is 36.0 Å². The first-order valence-electron chi connectivity index (χ1n) is 8.96. The summed E-state index contributed by atoms with van der Waals surface area (Å²) >= 11 is 6.04. The van der Waals surface area contributed by atoms with Crippen LogP contribution in [-0.4, -0.2) is 35.8 Å². The molecule has 0 bridgehead atoms. The van der Waals surface area contributed by atoms with Crippen molar-refractivity contribution >= 4 is 23.4 Å². The molecule has 2 amide bonds. The lowest BCUT2D eigenvalue weighted by Crippen LogP contribution is -2.46. The van der Waals surface area contributed by atoms with Crippen molar-refractivity contribution in [1.82, 2.24) is 10.2 Å². The van der Waals surface area contributed by atoms with Crippen LogP contribution in [0.25, 0.3) is 0 Å². The Morgan fingerprint density at radius 3 is 2.75 bits per heavy atom. The van der Waals surface area contributed by atoms with E-state index < -0.39 is 0 Å². The van der Waals surface area contributed by atoms with Crippen molar-refractivity contribution in [3.05, 3.63) is 34.9 Å². The lowest BCUT2D eigenvalue weighted by atomic mass is 9.96.